The van der Waals surface area contributed by atoms with Crippen LogP contribution in [0.15, 0.2) is 0 Å². The van der Waals surface area contributed by atoms with E-state index in [-0.39, 0.29) is 41.1 Å². The molecule has 0 fully saturated rings. The smallest absolute Gasteiger partial charge is 0.340 e. The summed E-state index contributed by atoms with van der Waals surface area (Å²) >= 11 is 0. The predicted octanol–water partition coefficient (Wildman–Crippen LogP) is 3.35. The summed E-state index contributed by atoms with van der Waals surface area (Å²) in [6, 6.07) is 0. The molecule has 23 heavy (non-hydrogen) atoms. The molecule has 0 amide bonds. The maximum atomic E-state index is 13.4. The van der Waals surface area contributed by atoms with Gasteiger partial charge in [0.2, 0.25) is 0 Å². The number of pyridine rings is 1. The van der Waals surface area contributed by atoms with Crippen molar-refractivity contribution in [2.24, 2.45) is 5.92 Å². The van der Waals surface area contributed by atoms with Gasteiger partial charge >= 0.3 is 11.9 Å². The van der Waals surface area contributed by atoms with Gasteiger partial charge in [0, 0.05) is 0 Å². The van der Waals surface area contributed by atoms with Gasteiger partial charge in [0.25, 0.3) is 6.43 Å². The van der Waals surface area contributed by atoms with Gasteiger partial charge in [-0.1, -0.05) is 20.8 Å². The quantitative estimate of drug-likeness (QED) is 0.749. The first kappa shape index (κ1) is 19.0. The van der Waals surface area contributed by atoms with Crippen LogP contribution in [0.5, 0.6) is 0 Å². The third-order valence-corrected chi connectivity index (χ3v) is 3.34. The van der Waals surface area contributed by atoms with Gasteiger partial charge in [0.05, 0.1) is 31.0 Å². The molecule has 0 atom stereocenters. The van der Waals surface area contributed by atoms with Crippen molar-refractivity contribution in [3.63, 3.8) is 0 Å². The molecule has 5 nitrogen and oxygen atoms in total. The van der Waals surface area contributed by atoms with E-state index in [0.717, 1.165) is 7.11 Å². The standard InChI is InChI=1S/C16H21F2NO4/c1-6-10-11(15(20)22-4)9(7-8(2)3)12(16(21)23-5)13(19-10)14(17)18/h8,14H,6-7H2,1-5H3. The van der Waals surface area contributed by atoms with Crippen molar-refractivity contribution in [2.45, 2.75) is 40.0 Å². The maximum absolute atomic E-state index is 13.4. The highest BCUT2D eigenvalue weighted by Crippen LogP contribution is 2.31. The van der Waals surface area contributed by atoms with Gasteiger partial charge in [-0.25, -0.2) is 18.4 Å². The van der Waals surface area contributed by atoms with Gasteiger partial charge in [0.15, 0.2) is 0 Å². The maximum Gasteiger partial charge on any atom is 0.340 e. The first-order valence-electron chi connectivity index (χ1n) is 7.28. The fraction of sp³-hybridized carbons (Fsp3) is 0.562. The number of nitrogens with zero attached hydrogens (tertiary/aromatic N) is 1. The molecule has 1 heterocycles. The molecule has 1 aromatic rings. The van der Waals surface area contributed by atoms with E-state index in [2.05, 4.69) is 9.72 Å². The zero-order valence-electron chi connectivity index (χ0n) is 13.9. The molecule has 0 spiro atoms. The minimum Gasteiger partial charge on any atom is -0.465 e. The van der Waals surface area contributed by atoms with Crippen LogP contribution in [0.1, 0.15) is 64.9 Å². The summed E-state index contributed by atoms with van der Waals surface area (Å²) in [6.07, 6.45) is -2.44. The summed E-state index contributed by atoms with van der Waals surface area (Å²) in [7, 11) is 2.29. The highest BCUT2D eigenvalue weighted by atomic mass is 19.3. The molecule has 128 valence electrons. The average molecular weight is 329 g/mol. The topological polar surface area (TPSA) is 65.5 Å². The Bertz CT molecular complexity index is 600. The molecule has 0 saturated carbocycles. The van der Waals surface area contributed by atoms with Crippen molar-refractivity contribution in [1.29, 1.82) is 0 Å². The Morgan fingerprint density at radius 3 is 2.00 bits per heavy atom. The van der Waals surface area contributed by atoms with Crippen molar-refractivity contribution >= 4 is 11.9 Å². The number of aromatic nitrogens is 1. The van der Waals surface area contributed by atoms with Gasteiger partial charge in [-0.3, -0.25) is 4.98 Å². The van der Waals surface area contributed by atoms with Gasteiger partial charge in [-0.05, 0) is 24.3 Å². The van der Waals surface area contributed by atoms with Gasteiger partial charge in [0.1, 0.15) is 5.69 Å². The monoisotopic (exact) mass is 329 g/mol. The molecule has 0 N–H and O–H groups in total. The second kappa shape index (κ2) is 7.99. The van der Waals surface area contributed by atoms with E-state index in [9.17, 15) is 18.4 Å². The van der Waals surface area contributed by atoms with E-state index in [1.165, 1.54) is 7.11 Å². The molecule has 0 aliphatic heterocycles. The third-order valence-electron chi connectivity index (χ3n) is 3.34. The van der Waals surface area contributed by atoms with E-state index >= 15 is 0 Å². The summed E-state index contributed by atoms with van der Waals surface area (Å²) in [5, 5.41) is 0. The van der Waals surface area contributed by atoms with E-state index in [1.807, 2.05) is 13.8 Å². The van der Waals surface area contributed by atoms with E-state index in [4.69, 9.17) is 4.74 Å². The van der Waals surface area contributed by atoms with Crippen molar-refractivity contribution < 1.29 is 27.8 Å². The summed E-state index contributed by atoms with van der Waals surface area (Å²) in [6.45, 7) is 5.41. The molecule has 0 aromatic carbocycles. The first-order chi connectivity index (χ1) is 10.8. The fourth-order valence-electron chi connectivity index (χ4n) is 2.41. The lowest BCUT2D eigenvalue weighted by Gasteiger charge is -2.19. The summed E-state index contributed by atoms with van der Waals surface area (Å²) in [4.78, 5) is 28.0. The van der Waals surface area contributed by atoms with Gasteiger partial charge < -0.3 is 9.47 Å². The summed E-state index contributed by atoms with van der Waals surface area (Å²) in [5.41, 5.74) is -0.518. The number of carbonyl (C=O) groups excluding carboxylic acids is 2. The van der Waals surface area contributed by atoms with Crippen LogP contribution in [0.2, 0.25) is 0 Å². The molecular weight excluding hydrogens is 308 g/mol. The first-order valence-corrected chi connectivity index (χ1v) is 7.28. The van der Waals surface area contributed by atoms with Crippen LogP contribution in [0.25, 0.3) is 0 Å². The predicted molar refractivity (Wildman–Crippen MR) is 79.8 cm³/mol. The summed E-state index contributed by atoms with van der Waals surface area (Å²) < 4.78 is 36.2. The van der Waals surface area contributed by atoms with Crippen molar-refractivity contribution in [3.05, 3.63) is 28.1 Å². The SMILES string of the molecule is CCc1nc(C(F)F)c(C(=O)OC)c(CC(C)C)c1C(=O)OC. The highest BCUT2D eigenvalue weighted by molar-refractivity contribution is 5.99. The molecule has 1 aromatic heterocycles. The fourth-order valence-corrected chi connectivity index (χ4v) is 2.41. The molecule has 0 bridgehead atoms. The van der Waals surface area contributed by atoms with E-state index in [1.54, 1.807) is 6.92 Å². The molecule has 0 unspecified atom stereocenters. The Hall–Kier alpha value is -2.05. The Kier molecular flexibility index (Phi) is 6.60. The number of hydrogen-bond donors (Lipinski definition) is 0. The van der Waals surface area contributed by atoms with Crippen LogP contribution in [-0.4, -0.2) is 31.1 Å². The van der Waals surface area contributed by atoms with Crippen LogP contribution < -0.4 is 0 Å². The van der Waals surface area contributed by atoms with Crippen molar-refractivity contribution in [1.82, 2.24) is 4.98 Å². The minimum atomic E-state index is -2.95. The molecule has 0 aliphatic rings. The van der Waals surface area contributed by atoms with Crippen molar-refractivity contribution in [2.75, 3.05) is 14.2 Å². The zero-order valence-corrected chi connectivity index (χ0v) is 13.9. The van der Waals surface area contributed by atoms with Crippen molar-refractivity contribution in [3.8, 4) is 0 Å². The van der Waals surface area contributed by atoms with E-state index in [0.29, 0.717) is 0 Å². The molecular formula is C16H21F2NO4. The lowest BCUT2D eigenvalue weighted by atomic mass is 9.90. The zero-order chi connectivity index (χ0) is 17.7. The number of aryl methyl sites for hydroxylation is 1. The number of methoxy groups -OCH3 is 2. The number of ether oxygens (including phenoxy) is 2. The van der Waals surface area contributed by atoms with Crippen LogP contribution in [0, 0.1) is 5.92 Å². The number of hydrogen-bond acceptors (Lipinski definition) is 5. The molecule has 7 heteroatoms. The van der Waals surface area contributed by atoms with Crippen LogP contribution >= 0.6 is 0 Å². The Balaban J connectivity index is 3.87. The lowest BCUT2D eigenvalue weighted by Crippen LogP contribution is -2.21. The van der Waals surface area contributed by atoms with Crippen LogP contribution in [0.3, 0.4) is 0 Å². The number of rotatable bonds is 6. The average Bonchev–Trinajstić information content (AvgIpc) is 2.51. The highest BCUT2D eigenvalue weighted by Gasteiger charge is 2.31. The molecule has 0 aliphatic carbocycles. The largest absolute Gasteiger partial charge is 0.465 e. The lowest BCUT2D eigenvalue weighted by molar-refractivity contribution is 0.0582. The Morgan fingerprint density at radius 2 is 1.61 bits per heavy atom. The number of esters is 2. The molecule has 0 saturated heterocycles. The second-order valence-electron chi connectivity index (χ2n) is 5.41. The number of halogens is 2. The van der Waals surface area contributed by atoms with Crippen LogP contribution in [0.4, 0.5) is 8.78 Å². The molecule has 1 rings (SSSR count). The third kappa shape index (κ3) is 4.03. The second-order valence-corrected chi connectivity index (χ2v) is 5.41. The van der Waals surface area contributed by atoms with Gasteiger partial charge in [-0.15, -0.1) is 0 Å². The van der Waals surface area contributed by atoms with Crippen LogP contribution in [-0.2, 0) is 22.3 Å². The number of alkyl halides is 2. The number of carbonyl (C=O) groups is 2. The molecule has 0 radical (unpaired) electrons. The van der Waals surface area contributed by atoms with Gasteiger partial charge in [-0.2, -0.15) is 0 Å². The minimum absolute atomic E-state index is 0.0273. The Labute approximate surface area is 134 Å². The normalized spacial score (nSPS) is 11.0. The Morgan fingerprint density at radius 1 is 1.09 bits per heavy atom. The van der Waals surface area contributed by atoms with E-state index < -0.39 is 24.1 Å². The summed E-state index contributed by atoms with van der Waals surface area (Å²) in [5.74, 6) is -1.60.